The molecule has 3 nitrogen and oxygen atoms in total. The molecule has 0 bridgehead atoms. The predicted molar refractivity (Wildman–Crippen MR) is 110 cm³/mol. The Labute approximate surface area is 194 Å². The van der Waals surface area contributed by atoms with Gasteiger partial charge in [-0.2, -0.15) is 0 Å². The number of quaternary nitrogens is 1. The fraction of sp³-hybridized carbons (Fsp3) is 0.458. The maximum absolute atomic E-state index is 13.1. The van der Waals surface area contributed by atoms with E-state index in [1.54, 1.807) is 7.11 Å². The Hall–Kier alpha value is -1.03. The van der Waals surface area contributed by atoms with Crippen LogP contribution >= 0.6 is 0 Å². The van der Waals surface area contributed by atoms with E-state index in [9.17, 15) is 4.79 Å². The minimum atomic E-state index is 0. The van der Waals surface area contributed by atoms with Gasteiger partial charge in [-0.05, 0) is 61.9 Å². The average Bonchev–Trinajstić information content (AvgIpc) is 2.66. The van der Waals surface area contributed by atoms with Gasteiger partial charge in [0.25, 0.3) is 0 Å². The molecule has 1 aliphatic heterocycles. The Bertz CT molecular complexity index is 759. The number of hydrogen-bond acceptors (Lipinski definition) is 2. The minimum absolute atomic E-state index is 0. The van der Waals surface area contributed by atoms with Crippen LogP contribution in [0.5, 0.6) is 5.75 Å². The molecule has 1 fully saturated rings. The number of rotatable bonds is 7. The van der Waals surface area contributed by atoms with Crippen LogP contribution in [0.3, 0.4) is 0 Å². The van der Waals surface area contributed by atoms with E-state index in [4.69, 9.17) is 4.74 Å². The van der Waals surface area contributed by atoms with Crippen molar-refractivity contribution in [1.82, 2.24) is 0 Å². The van der Waals surface area contributed by atoms with E-state index in [0.29, 0.717) is 18.7 Å². The van der Waals surface area contributed by atoms with Crippen LogP contribution < -0.4 is 4.74 Å². The van der Waals surface area contributed by atoms with E-state index in [1.165, 1.54) is 24.8 Å². The van der Waals surface area contributed by atoms with Crippen molar-refractivity contribution in [2.75, 3.05) is 26.7 Å². The molecule has 0 amide bonds. The number of carbonyl (C=O) groups excluding carboxylic acids is 1. The van der Waals surface area contributed by atoms with Crippen molar-refractivity contribution in [1.29, 1.82) is 0 Å². The molecule has 3 rings (SSSR count). The number of aryl methyl sites for hydroxylation is 2. The summed E-state index contributed by atoms with van der Waals surface area (Å²) in [6.07, 6.45) is 4.26. The standard InChI is InChI=1S/C24H32NO2.Y/c1-19-14-23(27-3)15-20(2)24(19)16-22(26)18-25(12-8-5-9-13-25)17-21-10-6-4-7-11-21;/h4,6-7,10-11,14-15H,5,8-9,12-13,16-18H2,1-3H3;/q+1;. The Morgan fingerprint density at radius 1 is 1.00 bits per heavy atom. The summed E-state index contributed by atoms with van der Waals surface area (Å²) in [7, 11) is 1.69. The van der Waals surface area contributed by atoms with Gasteiger partial charge in [0.15, 0.2) is 5.78 Å². The van der Waals surface area contributed by atoms with E-state index >= 15 is 0 Å². The molecular weight excluding hydrogens is 423 g/mol. The SMILES string of the molecule is COc1cc(C)c(CC(=O)C[N+]2(Cc3ccccc3)CCCCC2)c(C)c1.[Y]. The van der Waals surface area contributed by atoms with Crippen molar-refractivity contribution < 1.29 is 46.7 Å². The smallest absolute Gasteiger partial charge is 0.191 e. The molecule has 0 aromatic heterocycles. The minimum Gasteiger partial charge on any atom is -0.497 e. The van der Waals surface area contributed by atoms with Gasteiger partial charge in [0.05, 0.1) is 20.2 Å². The van der Waals surface area contributed by atoms with Gasteiger partial charge in [-0.25, -0.2) is 0 Å². The molecule has 4 heteroatoms. The average molecular weight is 455 g/mol. The van der Waals surface area contributed by atoms with Gasteiger partial charge in [0.2, 0.25) is 0 Å². The summed E-state index contributed by atoms with van der Waals surface area (Å²) < 4.78 is 6.27. The third kappa shape index (κ3) is 5.98. The summed E-state index contributed by atoms with van der Waals surface area (Å²) in [6, 6.07) is 14.7. The molecule has 2 aromatic carbocycles. The molecular formula is C24H32NO2Y+. The van der Waals surface area contributed by atoms with Crippen LogP contribution in [0, 0.1) is 13.8 Å². The van der Waals surface area contributed by atoms with E-state index in [0.717, 1.165) is 46.6 Å². The second-order valence-electron chi connectivity index (χ2n) is 8.11. The predicted octanol–water partition coefficient (Wildman–Crippen LogP) is 4.62. The number of ketones is 1. The summed E-state index contributed by atoms with van der Waals surface area (Å²) in [6.45, 7) is 7.98. The van der Waals surface area contributed by atoms with Crippen molar-refractivity contribution in [3.05, 3.63) is 64.7 Å². The maximum atomic E-state index is 13.1. The van der Waals surface area contributed by atoms with Gasteiger partial charge < -0.3 is 9.22 Å². The number of nitrogens with zero attached hydrogens (tertiary/aromatic N) is 1. The van der Waals surface area contributed by atoms with Crippen LogP contribution in [0.15, 0.2) is 42.5 Å². The van der Waals surface area contributed by atoms with Crippen LogP contribution in [0.25, 0.3) is 0 Å². The first-order valence-electron chi connectivity index (χ1n) is 10.1. The van der Waals surface area contributed by atoms with Gasteiger partial charge in [-0.15, -0.1) is 0 Å². The zero-order valence-electron chi connectivity index (χ0n) is 17.5. The van der Waals surface area contributed by atoms with Gasteiger partial charge >= 0.3 is 0 Å². The second kappa shape index (κ2) is 10.7. The maximum Gasteiger partial charge on any atom is 0.191 e. The molecule has 0 aliphatic carbocycles. The molecule has 0 atom stereocenters. The number of hydrogen-bond donors (Lipinski definition) is 0. The number of Topliss-reactive ketones (excluding diaryl/α,β-unsaturated/α-hetero) is 1. The van der Waals surface area contributed by atoms with Crippen molar-refractivity contribution in [2.45, 2.75) is 46.1 Å². The van der Waals surface area contributed by atoms with E-state index in [-0.39, 0.29) is 32.7 Å². The van der Waals surface area contributed by atoms with Gasteiger partial charge in [0, 0.05) is 44.7 Å². The molecule has 1 aliphatic rings. The normalized spacial score (nSPS) is 15.5. The number of methoxy groups -OCH3 is 1. The van der Waals surface area contributed by atoms with Crippen molar-refractivity contribution in [3.8, 4) is 5.75 Å². The van der Waals surface area contributed by atoms with Crippen LogP contribution in [0.2, 0.25) is 0 Å². The molecule has 0 spiro atoms. The number of likely N-dealkylation sites (tertiary alicyclic amines) is 1. The monoisotopic (exact) mass is 455 g/mol. The molecule has 147 valence electrons. The molecule has 1 saturated heterocycles. The first-order chi connectivity index (χ1) is 13.0. The molecule has 2 aromatic rings. The third-order valence-corrected chi connectivity index (χ3v) is 5.92. The molecule has 1 heterocycles. The number of ether oxygens (including phenoxy) is 1. The zero-order chi connectivity index (χ0) is 19.3. The van der Waals surface area contributed by atoms with Crippen LogP contribution in [-0.2, 0) is 50.5 Å². The first-order valence-corrected chi connectivity index (χ1v) is 10.1. The van der Waals surface area contributed by atoms with Crippen molar-refractivity contribution in [3.63, 3.8) is 0 Å². The summed E-state index contributed by atoms with van der Waals surface area (Å²) in [5.74, 6) is 1.22. The van der Waals surface area contributed by atoms with Gasteiger partial charge in [-0.1, -0.05) is 30.3 Å². The zero-order valence-corrected chi connectivity index (χ0v) is 20.4. The van der Waals surface area contributed by atoms with Gasteiger partial charge in [0.1, 0.15) is 18.8 Å². The topological polar surface area (TPSA) is 26.3 Å². The summed E-state index contributed by atoms with van der Waals surface area (Å²) in [5.41, 5.74) is 4.79. The number of piperidine rings is 1. The molecule has 0 saturated carbocycles. The van der Waals surface area contributed by atoms with Crippen LogP contribution in [0.4, 0.5) is 0 Å². The fourth-order valence-corrected chi connectivity index (χ4v) is 4.50. The second-order valence-corrected chi connectivity index (χ2v) is 8.11. The summed E-state index contributed by atoms with van der Waals surface area (Å²) >= 11 is 0. The van der Waals surface area contributed by atoms with E-state index in [1.807, 2.05) is 12.1 Å². The largest absolute Gasteiger partial charge is 0.497 e. The Kier molecular flexibility index (Phi) is 8.86. The van der Waals surface area contributed by atoms with Crippen molar-refractivity contribution in [2.24, 2.45) is 0 Å². The first kappa shape index (κ1) is 23.3. The summed E-state index contributed by atoms with van der Waals surface area (Å²) in [4.78, 5) is 13.1. The van der Waals surface area contributed by atoms with Crippen LogP contribution in [-0.4, -0.2) is 37.0 Å². The summed E-state index contributed by atoms with van der Waals surface area (Å²) in [5, 5.41) is 0. The van der Waals surface area contributed by atoms with Crippen molar-refractivity contribution >= 4 is 5.78 Å². The number of carbonyl (C=O) groups is 1. The quantitative estimate of drug-likeness (QED) is 0.570. The van der Waals surface area contributed by atoms with Crippen LogP contribution in [0.1, 0.15) is 41.5 Å². The molecule has 1 radical (unpaired) electrons. The van der Waals surface area contributed by atoms with Gasteiger partial charge in [-0.3, -0.25) is 4.79 Å². The van der Waals surface area contributed by atoms with E-state index < -0.39 is 0 Å². The number of benzene rings is 2. The molecule has 0 unspecified atom stereocenters. The molecule has 28 heavy (non-hydrogen) atoms. The Balaban J connectivity index is 0.00000280. The third-order valence-electron chi connectivity index (χ3n) is 5.92. The Morgan fingerprint density at radius 2 is 1.61 bits per heavy atom. The molecule has 0 N–H and O–H groups in total. The van der Waals surface area contributed by atoms with E-state index in [2.05, 4.69) is 44.2 Å². The fourth-order valence-electron chi connectivity index (χ4n) is 4.50. The Morgan fingerprint density at radius 3 is 2.18 bits per heavy atom.